The van der Waals surface area contributed by atoms with Gasteiger partial charge >= 0.3 is 0 Å². The normalized spacial score (nSPS) is 15.4. The van der Waals surface area contributed by atoms with E-state index in [1.54, 1.807) is 18.2 Å². The monoisotopic (exact) mass is 233 g/mol. The van der Waals surface area contributed by atoms with E-state index in [4.69, 9.17) is 17.3 Å². The minimum atomic E-state index is -2.53. The molecule has 0 aliphatic rings. The number of rotatable bonds is 3. The zero-order valence-corrected chi connectivity index (χ0v) is 9.48. The summed E-state index contributed by atoms with van der Waals surface area (Å²) in [6, 6.07) is 5.18. The molecule has 0 bridgehead atoms. The van der Waals surface area contributed by atoms with Gasteiger partial charge in [-0.15, -0.1) is 0 Å². The van der Waals surface area contributed by atoms with Gasteiger partial charge in [-0.05, 0) is 43.5 Å². The Morgan fingerprint density at radius 1 is 1.47 bits per heavy atom. The summed E-state index contributed by atoms with van der Waals surface area (Å²) >= 11 is 5.77. The molecule has 1 rings (SSSR count). The van der Waals surface area contributed by atoms with Crippen LogP contribution >= 0.6 is 11.6 Å². The molecule has 0 aromatic heterocycles. The fourth-order valence-corrected chi connectivity index (χ4v) is 1.57. The summed E-state index contributed by atoms with van der Waals surface area (Å²) in [5, 5.41) is 0.604. The molecule has 84 valence electrons. The third-order valence-corrected chi connectivity index (χ3v) is 2.61. The van der Waals surface area contributed by atoms with Gasteiger partial charge in [0, 0.05) is 5.02 Å². The summed E-state index contributed by atoms with van der Waals surface area (Å²) in [6.45, 7) is 3.19. The number of nitrogens with two attached hydrogens (primary N) is 1. The molecule has 1 unspecified atom stereocenters. The van der Waals surface area contributed by atoms with Gasteiger partial charge in [-0.2, -0.15) is 0 Å². The number of hydrogen-bond donors (Lipinski definition) is 1. The average Bonchev–Trinajstić information content (AvgIpc) is 2.09. The summed E-state index contributed by atoms with van der Waals surface area (Å²) in [6.07, 6.45) is -2.39. The Balaban J connectivity index is 2.90. The molecule has 1 aromatic rings. The highest BCUT2D eigenvalue weighted by Gasteiger charge is 2.30. The highest BCUT2D eigenvalue weighted by Crippen LogP contribution is 2.22. The van der Waals surface area contributed by atoms with Crippen molar-refractivity contribution in [2.24, 2.45) is 5.73 Å². The van der Waals surface area contributed by atoms with E-state index in [9.17, 15) is 8.78 Å². The first-order valence-corrected chi connectivity index (χ1v) is 5.03. The van der Waals surface area contributed by atoms with Gasteiger partial charge < -0.3 is 5.73 Å². The van der Waals surface area contributed by atoms with Crippen LogP contribution in [0.4, 0.5) is 8.78 Å². The Morgan fingerprint density at radius 3 is 2.53 bits per heavy atom. The Kier molecular flexibility index (Phi) is 3.68. The highest BCUT2D eigenvalue weighted by molar-refractivity contribution is 6.30. The van der Waals surface area contributed by atoms with Gasteiger partial charge in [-0.3, -0.25) is 0 Å². The quantitative estimate of drug-likeness (QED) is 0.853. The van der Waals surface area contributed by atoms with Gasteiger partial charge in [0.2, 0.25) is 0 Å². The van der Waals surface area contributed by atoms with Gasteiger partial charge in [0.1, 0.15) is 0 Å². The van der Waals surface area contributed by atoms with E-state index in [1.165, 1.54) is 6.92 Å². The molecular formula is C11H14ClF2N. The van der Waals surface area contributed by atoms with Gasteiger partial charge in [-0.1, -0.05) is 17.7 Å². The van der Waals surface area contributed by atoms with Gasteiger partial charge in [0.15, 0.2) is 0 Å². The van der Waals surface area contributed by atoms with Crippen molar-refractivity contribution in [2.45, 2.75) is 32.2 Å². The lowest BCUT2D eigenvalue weighted by molar-refractivity contribution is 0.0638. The van der Waals surface area contributed by atoms with Crippen LogP contribution in [-0.4, -0.2) is 12.0 Å². The predicted molar refractivity (Wildman–Crippen MR) is 58.5 cm³/mol. The molecule has 0 saturated heterocycles. The Bertz CT molecular complexity index is 350. The maximum absolute atomic E-state index is 12.6. The third-order valence-electron chi connectivity index (χ3n) is 2.37. The zero-order valence-electron chi connectivity index (χ0n) is 8.73. The van der Waals surface area contributed by atoms with Gasteiger partial charge in [0.05, 0.1) is 5.54 Å². The minimum Gasteiger partial charge on any atom is -0.320 e. The fourth-order valence-electron chi connectivity index (χ4n) is 1.35. The van der Waals surface area contributed by atoms with Crippen molar-refractivity contribution in [3.8, 4) is 0 Å². The largest absolute Gasteiger partial charge is 0.320 e. The second-order valence-electron chi connectivity index (χ2n) is 4.05. The molecule has 4 heteroatoms. The molecular weight excluding hydrogens is 220 g/mol. The molecule has 15 heavy (non-hydrogen) atoms. The number of hydrogen-bond acceptors (Lipinski definition) is 1. The third kappa shape index (κ3) is 3.14. The van der Waals surface area contributed by atoms with Crippen LogP contribution in [0.1, 0.15) is 18.1 Å². The first kappa shape index (κ1) is 12.4. The van der Waals surface area contributed by atoms with Crippen molar-refractivity contribution >= 4 is 11.6 Å². The Hall–Kier alpha value is -0.670. The summed E-state index contributed by atoms with van der Waals surface area (Å²) < 4.78 is 25.1. The van der Waals surface area contributed by atoms with Crippen molar-refractivity contribution in [3.05, 3.63) is 34.3 Å². The maximum Gasteiger partial charge on any atom is 0.256 e. The lowest BCUT2D eigenvalue weighted by Gasteiger charge is -2.24. The van der Waals surface area contributed by atoms with Gasteiger partial charge in [-0.25, -0.2) is 8.78 Å². The summed E-state index contributed by atoms with van der Waals surface area (Å²) in [4.78, 5) is 0. The number of alkyl halides is 2. The Labute approximate surface area is 93.2 Å². The van der Waals surface area contributed by atoms with Crippen LogP contribution in [0, 0.1) is 6.92 Å². The smallest absolute Gasteiger partial charge is 0.256 e. The number of halogens is 3. The molecule has 1 nitrogen and oxygen atoms in total. The molecule has 0 saturated carbocycles. The van der Waals surface area contributed by atoms with E-state index in [0.717, 1.165) is 11.1 Å². The average molecular weight is 234 g/mol. The van der Waals surface area contributed by atoms with E-state index < -0.39 is 12.0 Å². The second-order valence-corrected chi connectivity index (χ2v) is 4.49. The summed E-state index contributed by atoms with van der Waals surface area (Å²) in [5.41, 5.74) is 5.73. The van der Waals surface area contributed by atoms with E-state index in [1.807, 2.05) is 6.92 Å². The van der Waals surface area contributed by atoms with E-state index in [2.05, 4.69) is 0 Å². The molecule has 2 N–H and O–H groups in total. The molecule has 0 radical (unpaired) electrons. The first-order valence-electron chi connectivity index (χ1n) is 4.65. The highest BCUT2D eigenvalue weighted by atomic mass is 35.5. The molecule has 0 aliphatic heterocycles. The SMILES string of the molecule is Cc1cc(Cl)ccc1CC(C)(N)C(F)F. The lowest BCUT2D eigenvalue weighted by atomic mass is 9.92. The molecule has 0 fully saturated rings. The van der Waals surface area contributed by atoms with E-state index in [0.29, 0.717) is 5.02 Å². The van der Waals surface area contributed by atoms with Crippen LogP contribution in [-0.2, 0) is 6.42 Å². The fraction of sp³-hybridized carbons (Fsp3) is 0.455. The van der Waals surface area contributed by atoms with Crippen LogP contribution in [0.2, 0.25) is 5.02 Å². The van der Waals surface area contributed by atoms with Crippen LogP contribution in [0.15, 0.2) is 18.2 Å². The number of benzene rings is 1. The number of aryl methyl sites for hydroxylation is 1. The molecule has 0 aliphatic carbocycles. The first-order chi connectivity index (χ1) is 6.83. The van der Waals surface area contributed by atoms with Crippen molar-refractivity contribution in [1.29, 1.82) is 0 Å². The minimum absolute atomic E-state index is 0.146. The summed E-state index contributed by atoms with van der Waals surface area (Å²) in [7, 11) is 0. The van der Waals surface area contributed by atoms with Crippen molar-refractivity contribution in [3.63, 3.8) is 0 Å². The van der Waals surface area contributed by atoms with Crippen molar-refractivity contribution in [1.82, 2.24) is 0 Å². The lowest BCUT2D eigenvalue weighted by Crippen LogP contribution is -2.46. The summed E-state index contributed by atoms with van der Waals surface area (Å²) in [5.74, 6) is 0. The van der Waals surface area contributed by atoms with Crippen molar-refractivity contribution < 1.29 is 8.78 Å². The molecule has 1 aromatic carbocycles. The second kappa shape index (κ2) is 4.45. The van der Waals surface area contributed by atoms with Crippen molar-refractivity contribution in [2.75, 3.05) is 0 Å². The van der Waals surface area contributed by atoms with Crippen LogP contribution in [0.3, 0.4) is 0 Å². The standard InChI is InChI=1S/C11H14ClF2N/c1-7-5-9(12)4-3-8(7)6-11(2,15)10(13)14/h3-5,10H,6,15H2,1-2H3. The molecule has 0 spiro atoms. The van der Waals surface area contributed by atoms with Crippen LogP contribution in [0.25, 0.3) is 0 Å². The predicted octanol–water partition coefficient (Wildman–Crippen LogP) is 3.17. The van der Waals surface area contributed by atoms with Crippen LogP contribution in [0.5, 0.6) is 0 Å². The van der Waals surface area contributed by atoms with E-state index in [-0.39, 0.29) is 6.42 Å². The Morgan fingerprint density at radius 2 is 2.07 bits per heavy atom. The van der Waals surface area contributed by atoms with Gasteiger partial charge in [0.25, 0.3) is 6.43 Å². The van der Waals surface area contributed by atoms with E-state index >= 15 is 0 Å². The zero-order chi connectivity index (χ0) is 11.6. The van der Waals surface area contributed by atoms with Crippen LogP contribution < -0.4 is 5.73 Å². The topological polar surface area (TPSA) is 26.0 Å². The molecule has 0 heterocycles. The molecule has 1 atom stereocenters. The molecule has 0 amide bonds. The maximum atomic E-state index is 12.6.